The summed E-state index contributed by atoms with van der Waals surface area (Å²) >= 11 is 3.65. The number of thiophene rings is 1. The fraction of sp³-hybridized carbons (Fsp3) is 0.571. The second-order valence-electron chi connectivity index (χ2n) is 5.37. The van der Waals surface area contributed by atoms with Crippen LogP contribution in [-0.4, -0.2) is 27.5 Å². The Morgan fingerprint density at radius 3 is 3.05 bits per heavy atom. The van der Waals surface area contributed by atoms with Crippen LogP contribution in [0.4, 0.5) is 11.8 Å². The average molecular weight is 308 g/mol. The van der Waals surface area contributed by atoms with E-state index in [1.165, 1.54) is 30.6 Å². The molecule has 0 bridgehead atoms. The van der Waals surface area contributed by atoms with Gasteiger partial charge in [0.15, 0.2) is 0 Å². The van der Waals surface area contributed by atoms with Crippen molar-refractivity contribution in [2.24, 2.45) is 0 Å². The lowest BCUT2D eigenvalue weighted by atomic mass is 9.95. The minimum atomic E-state index is 0.360. The maximum absolute atomic E-state index is 5.83. The lowest BCUT2D eigenvalue weighted by Crippen LogP contribution is -2.29. The van der Waals surface area contributed by atoms with Gasteiger partial charge in [-0.15, -0.1) is 11.3 Å². The van der Waals surface area contributed by atoms with Crippen molar-refractivity contribution in [1.29, 1.82) is 0 Å². The van der Waals surface area contributed by atoms with E-state index in [9.17, 15) is 0 Å². The summed E-state index contributed by atoms with van der Waals surface area (Å²) in [6, 6.07) is 2.65. The topological polar surface area (TPSA) is 63.8 Å². The quantitative estimate of drug-likeness (QED) is 0.906. The predicted molar refractivity (Wildman–Crippen MR) is 89.7 cm³/mol. The second-order valence-corrected chi connectivity index (χ2v) is 7.74. The molecule has 0 saturated heterocycles. The molecule has 2 unspecified atom stereocenters. The minimum absolute atomic E-state index is 0.360. The second kappa shape index (κ2) is 5.77. The van der Waals surface area contributed by atoms with E-state index in [2.05, 4.69) is 34.5 Å². The molecule has 3 rings (SSSR count). The van der Waals surface area contributed by atoms with Gasteiger partial charge in [0.05, 0.1) is 5.39 Å². The van der Waals surface area contributed by atoms with Crippen LogP contribution in [0.1, 0.15) is 30.6 Å². The van der Waals surface area contributed by atoms with Crippen LogP contribution in [0.15, 0.2) is 6.07 Å². The molecule has 2 atom stereocenters. The van der Waals surface area contributed by atoms with Crippen molar-refractivity contribution in [2.75, 3.05) is 17.3 Å². The van der Waals surface area contributed by atoms with Crippen LogP contribution < -0.4 is 11.1 Å². The van der Waals surface area contributed by atoms with Gasteiger partial charge in [-0.2, -0.15) is 16.7 Å². The third-order valence-electron chi connectivity index (χ3n) is 3.83. The number of nitrogens with zero attached hydrogens (tertiary/aromatic N) is 2. The molecule has 3 N–H and O–H groups in total. The van der Waals surface area contributed by atoms with Gasteiger partial charge < -0.3 is 11.1 Å². The number of anilines is 2. The summed E-state index contributed by atoms with van der Waals surface area (Å²) in [4.78, 5) is 11.0. The molecular formula is C14H20N4S2. The highest BCUT2D eigenvalue weighted by atomic mass is 32.2. The van der Waals surface area contributed by atoms with Crippen molar-refractivity contribution in [3.05, 3.63) is 10.9 Å². The number of thioether (sulfide) groups is 1. The molecule has 1 aliphatic rings. The van der Waals surface area contributed by atoms with E-state index >= 15 is 0 Å². The number of hydrogen-bond acceptors (Lipinski definition) is 6. The van der Waals surface area contributed by atoms with E-state index in [1.54, 1.807) is 11.3 Å². The Hall–Kier alpha value is -1.01. The first kappa shape index (κ1) is 13.9. The molecule has 1 fully saturated rings. The highest BCUT2D eigenvalue weighted by molar-refractivity contribution is 7.99. The molecular weight excluding hydrogens is 288 g/mol. The van der Waals surface area contributed by atoms with Gasteiger partial charge in [-0.3, -0.25) is 0 Å². The van der Waals surface area contributed by atoms with Crippen LogP contribution in [-0.2, 0) is 0 Å². The lowest BCUT2D eigenvalue weighted by Gasteiger charge is -2.29. The van der Waals surface area contributed by atoms with E-state index in [0.29, 0.717) is 12.0 Å². The van der Waals surface area contributed by atoms with Gasteiger partial charge in [0, 0.05) is 16.2 Å². The Balaban J connectivity index is 1.86. The van der Waals surface area contributed by atoms with E-state index < -0.39 is 0 Å². The highest BCUT2D eigenvalue weighted by Crippen LogP contribution is 2.32. The monoisotopic (exact) mass is 308 g/mol. The van der Waals surface area contributed by atoms with Gasteiger partial charge in [-0.05, 0) is 38.5 Å². The normalized spacial score (nSPS) is 23.1. The maximum Gasteiger partial charge on any atom is 0.223 e. The summed E-state index contributed by atoms with van der Waals surface area (Å²) in [5.74, 6) is 1.27. The molecule has 6 heteroatoms. The SMILES string of the molecule is CSC1CCCC(Nc2nc(N)nc3sc(C)cc23)C1. The van der Waals surface area contributed by atoms with Crippen molar-refractivity contribution in [2.45, 2.75) is 43.9 Å². The number of nitrogens with two attached hydrogens (primary N) is 1. The smallest absolute Gasteiger partial charge is 0.223 e. The van der Waals surface area contributed by atoms with E-state index in [1.807, 2.05) is 11.8 Å². The van der Waals surface area contributed by atoms with Gasteiger partial charge in [-0.1, -0.05) is 6.42 Å². The summed E-state index contributed by atoms with van der Waals surface area (Å²) in [7, 11) is 0. The van der Waals surface area contributed by atoms with E-state index in [-0.39, 0.29) is 0 Å². The summed E-state index contributed by atoms with van der Waals surface area (Å²) < 4.78 is 0. The van der Waals surface area contributed by atoms with Crippen molar-refractivity contribution < 1.29 is 0 Å². The zero-order valence-corrected chi connectivity index (χ0v) is 13.5. The van der Waals surface area contributed by atoms with Crippen LogP contribution in [0.5, 0.6) is 0 Å². The van der Waals surface area contributed by atoms with Crippen LogP contribution in [0.25, 0.3) is 10.2 Å². The first-order valence-electron chi connectivity index (χ1n) is 6.98. The van der Waals surface area contributed by atoms with Crippen molar-refractivity contribution in [3.8, 4) is 0 Å². The largest absolute Gasteiger partial charge is 0.368 e. The Kier molecular flexibility index (Phi) is 4.03. The highest BCUT2D eigenvalue weighted by Gasteiger charge is 2.22. The standard InChI is InChI=1S/C14H20N4S2/c1-8-6-11-12(17-14(15)18-13(11)20-8)16-9-4-3-5-10(7-9)19-2/h6,9-10H,3-5,7H2,1-2H3,(H3,15,16,17,18). The molecule has 108 valence electrons. The molecule has 2 aromatic heterocycles. The third kappa shape index (κ3) is 2.86. The zero-order valence-electron chi connectivity index (χ0n) is 11.8. The van der Waals surface area contributed by atoms with Crippen LogP contribution in [0.3, 0.4) is 0 Å². The zero-order chi connectivity index (χ0) is 14.1. The number of rotatable bonds is 3. The molecule has 1 aliphatic carbocycles. The van der Waals surface area contributed by atoms with Gasteiger partial charge >= 0.3 is 0 Å². The molecule has 20 heavy (non-hydrogen) atoms. The lowest BCUT2D eigenvalue weighted by molar-refractivity contribution is 0.473. The van der Waals surface area contributed by atoms with Crippen LogP contribution >= 0.6 is 23.1 Å². The van der Waals surface area contributed by atoms with Gasteiger partial charge in [0.25, 0.3) is 0 Å². The van der Waals surface area contributed by atoms with Crippen molar-refractivity contribution in [1.82, 2.24) is 9.97 Å². The number of nitrogens with one attached hydrogen (secondary N) is 1. The molecule has 0 aromatic carbocycles. The van der Waals surface area contributed by atoms with Crippen molar-refractivity contribution >= 4 is 45.1 Å². The molecule has 2 heterocycles. The fourth-order valence-electron chi connectivity index (χ4n) is 2.85. The number of fused-ring (bicyclic) bond motifs is 1. The maximum atomic E-state index is 5.83. The summed E-state index contributed by atoms with van der Waals surface area (Å²) in [5, 5.41) is 5.47. The van der Waals surface area contributed by atoms with Gasteiger partial charge in [0.2, 0.25) is 5.95 Å². The minimum Gasteiger partial charge on any atom is -0.368 e. The first-order valence-corrected chi connectivity index (χ1v) is 9.09. The number of aryl methyl sites for hydroxylation is 1. The molecule has 0 aliphatic heterocycles. The average Bonchev–Trinajstić information content (AvgIpc) is 2.79. The summed E-state index contributed by atoms with van der Waals surface area (Å²) in [6.07, 6.45) is 7.24. The first-order chi connectivity index (χ1) is 9.65. The molecule has 0 amide bonds. The molecule has 4 nitrogen and oxygen atoms in total. The van der Waals surface area contributed by atoms with Crippen LogP contribution in [0, 0.1) is 6.92 Å². The van der Waals surface area contributed by atoms with Crippen molar-refractivity contribution in [3.63, 3.8) is 0 Å². The number of hydrogen-bond donors (Lipinski definition) is 2. The number of aromatic nitrogens is 2. The number of nitrogen functional groups attached to an aromatic ring is 1. The fourth-order valence-corrected chi connectivity index (χ4v) is 4.57. The van der Waals surface area contributed by atoms with Gasteiger partial charge in [-0.25, -0.2) is 4.98 Å². The van der Waals surface area contributed by atoms with E-state index in [4.69, 9.17) is 5.73 Å². The predicted octanol–water partition coefficient (Wildman–Crippen LogP) is 3.67. The Labute approximate surface area is 127 Å². The molecule has 1 saturated carbocycles. The Bertz CT molecular complexity index is 610. The summed E-state index contributed by atoms with van der Waals surface area (Å²) in [6.45, 7) is 2.09. The molecule has 0 spiro atoms. The molecule has 2 aromatic rings. The molecule has 0 radical (unpaired) electrons. The Morgan fingerprint density at radius 1 is 1.40 bits per heavy atom. The van der Waals surface area contributed by atoms with Gasteiger partial charge in [0.1, 0.15) is 10.6 Å². The third-order valence-corrected chi connectivity index (χ3v) is 5.87. The summed E-state index contributed by atoms with van der Waals surface area (Å²) in [5.41, 5.74) is 5.83. The van der Waals surface area contributed by atoms with Crippen LogP contribution in [0.2, 0.25) is 0 Å². The van der Waals surface area contributed by atoms with E-state index in [0.717, 1.165) is 21.3 Å². The Morgan fingerprint density at radius 2 is 2.25 bits per heavy atom.